The summed E-state index contributed by atoms with van der Waals surface area (Å²) >= 11 is 3.33. The van der Waals surface area contributed by atoms with Crippen LogP contribution in [0.2, 0.25) is 0 Å². The molecule has 2 rings (SSSR count). The van der Waals surface area contributed by atoms with Crippen molar-refractivity contribution in [1.82, 2.24) is 9.97 Å². The fourth-order valence-corrected chi connectivity index (χ4v) is 1.97. The third kappa shape index (κ3) is 2.26. The van der Waals surface area contributed by atoms with E-state index in [-0.39, 0.29) is 11.6 Å². The molecule has 0 aliphatic heterocycles. The molecular formula is C11H10BrN3O2. The Morgan fingerprint density at radius 1 is 1.35 bits per heavy atom. The summed E-state index contributed by atoms with van der Waals surface area (Å²) in [6.07, 6.45) is 0. The number of hydrogen-bond donors (Lipinski definition) is 0. The standard InChI is InChI=1S/C11H10BrN3O2/c1-6(2)11-13-9-4-3-7(15(16)17)5-8(9)10(12)14-11/h3-6H,1-2H3. The molecule has 17 heavy (non-hydrogen) atoms. The molecule has 0 unspecified atom stereocenters. The van der Waals surface area contributed by atoms with Crippen molar-refractivity contribution in [2.75, 3.05) is 0 Å². The quantitative estimate of drug-likeness (QED) is 0.483. The van der Waals surface area contributed by atoms with Gasteiger partial charge in [0.05, 0.1) is 10.4 Å². The molecule has 2 aromatic rings. The van der Waals surface area contributed by atoms with Crippen LogP contribution in [-0.4, -0.2) is 14.9 Å². The van der Waals surface area contributed by atoms with Crippen LogP contribution in [0.3, 0.4) is 0 Å². The Bertz CT molecular complexity index is 599. The third-order valence-corrected chi connectivity index (χ3v) is 2.98. The highest BCUT2D eigenvalue weighted by Gasteiger charge is 2.12. The normalized spacial score (nSPS) is 11.1. The van der Waals surface area contributed by atoms with Gasteiger partial charge in [0, 0.05) is 23.4 Å². The van der Waals surface area contributed by atoms with Gasteiger partial charge >= 0.3 is 0 Å². The summed E-state index contributed by atoms with van der Waals surface area (Å²) < 4.78 is 0.593. The Balaban J connectivity index is 2.68. The minimum absolute atomic E-state index is 0.0408. The zero-order valence-electron chi connectivity index (χ0n) is 9.35. The van der Waals surface area contributed by atoms with E-state index in [9.17, 15) is 10.1 Å². The first-order valence-electron chi connectivity index (χ1n) is 5.10. The topological polar surface area (TPSA) is 68.9 Å². The summed E-state index contributed by atoms with van der Waals surface area (Å²) in [5.41, 5.74) is 0.750. The molecule has 0 radical (unpaired) electrons. The number of benzene rings is 1. The molecule has 0 fully saturated rings. The van der Waals surface area contributed by atoms with Crippen LogP contribution in [0.15, 0.2) is 22.8 Å². The van der Waals surface area contributed by atoms with Crippen LogP contribution in [0.4, 0.5) is 5.69 Å². The highest BCUT2D eigenvalue weighted by atomic mass is 79.9. The van der Waals surface area contributed by atoms with Crippen LogP contribution >= 0.6 is 15.9 Å². The van der Waals surface area contributed by atoms with Gasteiger partial charge in [0.25, 0.3) is 5.69 Å². The first kappa shape index (κ1) is 11.9. The van der Waals surface area contributed by atoms with Crippen LogP contribution in [0, 0.1) is 10.1 Å². The molecule has 0 saturated carbocycles. The maximum absolute atomic E-state index is 10.7. The molecule has 0 N–H and O–H groups in total. The number of hydrogen-bond acceptors (Lipinski definition) is 4. The lowest BCUT2D eigenvalue weighted by atomic mass is 10.2. The van der Waals surface area contributed by atoms with Crippen LogP contribution in [0.1, 0.15) is 25.6 Å². The molecule has 5 nitrogen and oxygen atoms in total. The van der Waals surface area contributed by atoms with E-state index in [0.717, 1.165) is 5.82 Å². The molecule has 0 bridgehead atoms. The van der Waals surface area contributed by atoms with Crippen LogP contribution in [0.5, 0.6) is 0 Å². The molecule has 88 valence electrons. The second-order valence-electron chi connectivity index (χ2n) is 3.99. The van der Waals surface area contributed by atoms with Gasteiger partial charge in [-0.3, -0.25) is 10.1 Å². The van der Waals surface area contributed by atoms with Crippen molar-refractivity contribution >= 4 is 32.5 Å². The molecule has 0 spiro atoms. The molecule has 0 aliphatic rings. The van der Waals surface area contributed by atoms with Crippen LogP contribution in [-0.2, 0) is 0 Å². The van der Waals surface area contributed by atoms with Crippen molar-refractivity contribution in [3.05, 3.63) is 38.7 Å². The zero-order chi connectivity index (χ0) is 12.6. The summed E-state index contributed by atoms with van der Waals surface area (Å²) in [6, 6.07) is 4.57. The average Bonchev–Trinajstić information content (AvgIpc) is 2.28. The third-order valence-electron chi connectivity index (χ3n) is 2.38. The molecule has 0 aliphatic carbocycles. The van der Waals surface area contributed by atoms with E-state index in [1.165, 1.54) is 12.1 Å². The number of nitrogens with zero attached hydrogens (tertiary/aromatic N) is 3. The molecule has 1 aromatic heterocycles. The van der Waals surface area contributed by atoms with Gasteiger partial charge in [-0.2, -0.15) is 0 Å². The van der Waals surface area contributed by atoms with Crippen LogP contribution < -0.4 is 0 Å². The fourth-order valence-electron chi connectivity index (χ4n) is 1.47. The number of rotatable bonds is 2. The Morgan fingerprint density at radius 2 is 2.06 bits per heavy atom. The molecule has 0 saturated heterocycles. The SMILES string of the molecule is CC(C)c1nc(Br)c2cc([N+](=O)[O-])ccc2n1. The second-order valence-corrected chi connectivity index (χ2v) is 4.74. The number of halogens is 1. The van der Waals surface area contributed by atoms with Crippen molar-refractivity contribution < 1.29 is 4.92 Å². The number of nitro benzene ring substituents is 1. The average molecular weight is 296 g/mol. The summed E-state index contributed by atoms with van der Waals surface area (Å²) in [6.45, 7) is 4.00. The van der Waals surface area contributed by atoms with Crippen molar-refractivity contribution in [1.29, 1.82) is 0 Å². The van der Waals surface area contributed by atoms with Crippen LogP contribution in [0.25, 0.3) is 10.9 Å². The second kappa shape index (κ2) is 4.37. The van der Waals surface area contributed by atoms with Gasteiger partial charge in [-0.1, -0.05) is 13.8 Å². The predicted molar refractivity (Wildman–Crippen MR) is 68.0 cm³/mol. The van der Waals surface area contributed by atoms with Crippen molar-refractivity contribution in [3.63, 3.8) is 0 Å². The highest BCUT2D eigenvalue weighted by Crippen LogP contribution is 2.26. The minimum Gasteiger partial charge on any atom is -0.258 e. The first-order chi connectivity index (χ1) is 7.99. The smallest absolute Gasteiger partial charge is 0.258 e. The Morgan fingerprint density at radius 3 is 2.65 bits per heavy atom. The van der Waals surface area contributed by atoms with Crippen molar-refractivity contribution in [2.24, 2.45) is 0 Å². The maximum atomic E-state index is 10.7. The Labute approximate surface area is 106 Å². The first-order valence-corrected chi connectivity index (χ1v) is 5.90. The van der Waals surface area contributed by atoms with Gasteiger partial charge in [0.15, 0.2) is 0 Å². The fraction of sp³-hybridized carbons (Fsp3) is 0.273. The number of nitro groups is 1. The zero-order valence-corrected chi connectivity index (χ0v) is 10.9. The predicted octanol–water partition coefficient (Wildman–Crippen LogP) is 3.42. The van der Waals surface area contributed by atoms with E-state index >= 15 is 0 Å². The van der Waals surface area contributed by atoms with Crippen molar-refractivity contribution in [2.45, 2.75) is 19.8 Å². The summed E-state index contributed by atoms with van der Waals surface area (Å²) in [7, 11) is 0. The van der Waals surface area contributed by atoms with Gasteiger partial charge < -0.3 is 0 Å². The molecule has 0 atom stereocenters. The minimum atomic E-state index is -0.428. The Hall–Kier alpha value is -1.56. The number of aromatic nitrogens is 2. The molecular weight excluding hydrogens is 286 g/mol. The lowest BCUT2D eigenvalue weighted by Gasteiger charge is -2.06. The molecule has 6 heteroatoms. The molecule has 1 aromatic carbocycles. The van der Waals surface area contributed by atoms with Gasteiger partial charge in [-0.05, 0) is 22.0 Å². The van der Waals surface area contributed by atoms with E-state index in [4.69, 9.17) is 0 Å². The van der Waals surface area contributed by atoms with E-state index in [2.05, 4.69) is 25.9 Å². The number of non-ortho nitro benzene ring substituents is 1. The van der Waals surface area contributed by atoms with E-state index in [1.54, 1.807) is 6.07 Å². The van der Waals surface area contributed by atoms with E-state index < -0.39 is 4.92 Å². The summed E-state index contributed by atoms with van der Waals surface area (Å²) in [5, 5.41) is 11.3. The van der Waals surface area contributed by atoms with Crippen molar-refractivity contribution in [3.8, 4) is 0 Å². The Kier molecular flexibility index (Phi) is 3.06. The lowest BCUT2D eigenvalue weighted by molar-refractivity contribution is -0.384. The summed E-state index contributed by atoms with van der Waals surface area (Å²) in [5.74, 6) is 0.934. The number of fused-ring (bicyclic) bond motifs is 1. The van der Waals surface area contributed by atoms with E-state index in [1.807, 2.05) is 13.8 Å². The largest absolute Gasteiger partial charge is 0.270 e. The van der Waals surface area contributed by atoms with Gasteiger partial charge in [0.2, 0.25) is 0 Å². The summed E-state index contributed by atoms with van der Waals surface area (Å²) in [4.78, 5) is 18.9. The van der Waals surface area contributed by atoms with E-state index in [0.29, 0.717) is 15.5 Å². The lowest BCUT2D eigenvalue weighted by Crippen LogP contribution is -1.99. The highest BCUT2D eigenvalue weighted by molar-refractivity contribution is 9.10. The molecule has 0 amide bonds. The van der Waals surface area contributed by atoms with Gasteiger partial charge in [-0.15, -0.1) is 0 Å². The monoisotopic (exact) mass is 295 g/mol. The van der Waals surface area contributed by atoms with Gasteiger partial charge in [0.1, 0.15) is 10.4 Å². The molecule has 1 heterocycles. The van der Waals surface area contributed by atoms with Gasteiger partial charge in [-0.25, -0.2) is 9.97 Å². The maximum Gasteiger partial charge on any atom is 0.270 e.